The van der Waals surface area contributed by atoms with E-state index >= 15 is 0 Å². The molecule has 0 unspecified atom stereocenters. The zero-order valence-corrected chi connectivity index (χ0v) is 14.8. The molecule has 4 aromatic rings. The summed E-state index contributed by atoms with van der Waals surface area (Å²) in [6, 6.07) is 11.2. The van der Waals surface area contributed by atoms with Crippen LogP contribution in [0.4, 0.5) is 14.6 Å². The van der Waals surface area contributed by atoms with Gasteiger partial charge in [-0.1, -0.05) is 16.8 Å². The minimum absolute atomic E-state index is 0.197. The van der Waals surface area contributed by atoms with Crippen LogP contribution >= 0.6 is 0 Å². The van der Waals surface area contributed by atoms with E-state index in [9.17, 15) is 8.78 Å². The first-order chi connectivity index (χ1) is 13.0. The molecule has 2 aromatic heterocycles. The third kappa shape index (κ3) is 3.62. The Kier molecular flexibility index (Phi) is 4.27. The van der Waals surface area contributed by atoms with Crippen LogP contribution in [-0.4, -0.2) is 15.1 Å². The second-order valence-electron chi connectivity index (χ2n) is 6.35. The van der Waals surface area contributed by atoms with Gasteiger partial charge >= 0.3 is 0 Å². The van der Waals surface area contributed by atoms with Crippen LogP contribution in [0.25, 0.3) is 22.3 Å². The summed E-state index contributed by atoms with van der Waals surface area (Å²) in [4.78, 5) is 8.92. The van der Waals surface area contributed by atoms with E-state index in [0.717, 1.165) is 22.5 Å². The van der Waals surface area contributed by atoms with Crippen LogP contribution in [0.2, 0.25) is 0 Å². The quantitative estimate of drug-likeness (QED) is 0.562. The molecule has 0 aliphatic rings. The highest BCUT2D eigenvalue weighted by atomic mass is 19.1. The lowest BCUT2D eigenvalue weighted by molar-refractivity contribution is 0.394. The number of fused-ring (bicyclic) bond motifs is 1. The maximum Gasteiger partial charge on any atom is 0.223 e. The molecular formula is C20H16F2N4O. The molecule has 0 spiro atoms. The number of pyridine rings is 1. The van der Waals surface area contributed by atoms with Gasteiger partial charge in [-0.15, -0.1) is 0 Å². The van der Waals surface area contributed by atoms with Gasteiger partial charge in [0, 0.05) is 24.9 Å². The molecule has 0 amide bonds. The highest BCUT2D eigenvalue weighted by Crippen LogP contribution is 2.29. The van der Waals surface area contributed by atoms with Crippen molar-refractivity contribution in [3.05, 3.63) is 71.1 Å². The SMILES string of the molecule is Cc1ccc2nc(NCc3cc(F)cc(F)c3)c(-c3noc(C)n3)cc2c1. The molecule has 2 heterocycles. The Balaban J connectivity index is 1.76. The largest absolute Gasteiger partial charge is 0.365 e. The lowest BCUT2D eigenvalue weighted by Gasteiger charge is -2.11. The van der Waals surface area contributed by atoms with Crippen LogP contribution in [0.3, 0.4) is 0 Å². The lowest BCUT2D eigenvalue weighted by Crippen LogP contribution is -2.05. The highest BCUT2D eigenvalue weighted by Gasteiger charge is 2.15. The van der Waals surface area contributed by atoms with Gasteiger partial charge < -0.3 is 9.84 Å². The Hall–Kier alpha value is -3.35. The third-order valence-corrected chi connectivity index (χ3v) is 4.12. The third-order valence-electron chi connectivity index (χ3n) is 4.12. The van der Waals surface area contributed by atoms with Crippen molar-refractivity contribution in [2.75, 3.05) is 5.32 Å². The molecule has 2 aromatic carbocycles. The number of hydrogen-bond donors (Lipinski definition) is 1. The molecule has 7 heteroatoms. The van der Waals surface area contributed by atoms with Crippen molar-refractivity contribution in [3.63, 3.8) is 0 Å². The van der Waals surface area contributed by atoms with Crippen molar-refractivity contribution in [3.8, 4) is 11.4 Å². The summed E-state index contributed by atoms with van der Waals surface area (Å²) in [6.07, 6.45) is 0. The van der Waals surface area contributed by atoms with Gasteiger partial charge in [0.05, 0.1) is 11.1 Å². The molecule has 0 fully saturated rings. The second-order valence-corrected chi connectivity index (χ2v) is 6.35. The number of anilines is 1. The fourth-order valence-corrected chi connectivity index (χ4v) is 2.91. The summed E-state index contributed by atoms with van der Waals surface area (Å²) < 4.78 is 32.0. The monoisotopic (exact) mass is 366 g/mol. The summed E-state index contributed by atoms with van der Waals surface area (Å²) in [6.45, 7) is 3.91. The molecule has 0 atom stereocenters. The lowest BCUT2D eigenvalue weighted by atomic mass is 10.1. The number of nitrogens with one attached hydrogen (secondary N) is 1. The highest BCUT2D eigenvalue weighted by molar-refractivity contribution is 5.88. The number of rotatable bonds is 4. The van der Waals surface area contributed by atoms with Crippen LogP contribution in [0, 0.1) is 25.5 Å². The zero-order valence-electron chi connectivity index (χ0n) is 14.8. The molecule has 5 nitrogen and oxygen atoms in total. The van der Waals surface area contributed by atoms with Crippen LogP contribution in [0.1, 0.15) is 17.0 Å². The van der Waals surface area contributed by atoms with Crippen LogP contribution in [-0.2, 0) is 6.54 Å². The fraction of sp³-hybridized carbons (Fsp3) is 0.150. The van der Waals surface area contributed by atoms with Crippen molar-refractivity contribution in [1.82, 2.24) is 15.1 Å². The van der Waals surface area contributed by atoms with Crippen molar-refractivity contribution in [2.45, 2.75) is 20.4 Å². The Bertz CT molecular complexity index is 1120. The predicted octanol–water partition coefficient (Wildman–Crippen LogP) is 4.79. The average molecular weight is 366 g/mol. The first-order valence-electron chi connectivity index (χ1n) is 8.39. The van der Waals surface area contributed by atoms with E-state index in [1.165, 1.54) is 12.1 Å². The first-order valence-corrected chi connectivity index (χ1v) is 8.39. The van der Waals surface area contributed by atoms with Crippen LogP contribution in [0.5, 0.6) is 0 Å². The molecule has 136 valence electrons. The Morgan fingerprint density at radius 2 is 1.74 bits per heavy atom. The van der Waals surface area contributed by atoms with Crippen molar-refractivity contribution >= 4 is 16.7 Å². The summed E-state index contributed by atoms with van der Waals surface area (Å²) in [7, 11) is 0. The van der Waals surface area contributed by atoms with E-state index in [4.69, 9.17) is 4.52 Å². The second kappa shape index (κ2) is 6.75. The molecule has 0 aliphatic carbocycles. The number of benzene rings is 2. The van der Waals surface area contributed by atoms with E-state index in [2.05, 4.69) is 20.4 Å². The Morgan fingerprint density at radius 3 is 2.44 bits per heavy atom. The number of aromatic nitrogens is 3. The van der Waals surface area contributed by atoms with Gasteiger partial charge in [0.1, 0.15) is 17.5 Å². The van der Waals surface area contributed by atoms with Gasteiger partial charge in [-0.2, -0.15) is 4.98 Å². The Labute approximate surface area is 154 Å². The number of halogens is 2. The molecule has 27 heavy (non-hydrogen) atoms. The van der Waals surface area contributed by atoms with E-state index in [-0.39, 0.29) is 6.54 Å². The first kappa shape index (κ1) is 17.1. The maximum atomic E-state index is 13.4. The summed E-state index contributed by atoms with van der Waals surface area (Å²) in [5.74, 6) is 0.103. The average Bonchev–Trinajstić information content (AvgIpc) is 3.04. The summed E-state index contributed by atoms with van der Waals surface area (Å²) >= 11 is 0. The molecule has 0 saturated carbocycles. The normalized spacial score (nSPS) is 11.1. The zero-order chi connectivity index (χ0) is 19.0. The van der Waals surface area contributed by atoms with Crippen LogP contribution < -0.4 is 5.32 Å². The number of hydrogen-bond acceptors (Lipinski definition) is 5. The van der Waals surface area contributed by atoms with E-state index in [0.29, 0.717) is 28.7 Å². The van der Waals surface area contributed by atoms with Gasteiger partial charge in [-0.25, -0.2) is 13.8 Å². The van der Waals surface area contributed by atoms with Crippen molar-refractivity contribution in [2.24, 2.45) is 0 Å². The van der Waals surface area contributed by atoms with E-state index < -0.39 is 11.6 Å². The molecule has 0 saturated heterocycles. The van der Waals surface area contributed by atoms with Gasteiger partial charge in [-0.3, -0.25) is 0 Å². The molecule has 4 rings (SSSR count). The molecule has 0 aliphatic heterocycles. The minimum Gasteiger partial charge on any atom is -0.365 e. The van der Waals surface area contributed by atoms with E-state index in [1.807, 2.05) is 31.2 Å². The molecule has 0 bridgehead atoms. The fourth-order valence-electron chi connectivity index (χ4n) is 2.91. The number of aryl methyl sites for hydroxylation is 2. The predicted molar refractivity (Wildman–Crippen MR) is 98.2 cm³/mol. The van der Waals surface area contributed by atoms with Gasteiger partial charge in [-0.05, 0) is 42.8 Å². The number of nitrogens with zero attached hydrogens (tertiary/aromatic N) is 3. The van der Waals surface area contributed by atoms with Crippen LogP contribution in [0.15, 0.2) is 47.0 Å². The molecule has 0 radical (unpaired) electrons. The van der Waals surface area contributed by atoms with Crippen molar-refractivity contribution in [1.29, 1.82) is 0 Å². The standard InChI is InChI=1S/C20H16F2N4O/c1-11-3-4-18-14(5-11)8-17(20-24-12(2)27-26-20)19(25-18)23-10-13-6-15(21)9-16(22)7-13/h3-9H,10H2,1-2H3,(H,23,25). The van der Waals surface area contributed by atoms with Crippen molar-refractivity contribution < 1.29 is 13.3 Å². The Morgan fingerprint density at radius 1 is 0.963 bits per heavy atom. The minimum atomic E-state index is -0.622. The summed E-state index contributed by atoms with van der Waals surface area (Å²) in [5, 5.41) is 8.05. The smallest absolute Gasteiger partial charge is 0.223 e. The summed E-state index contributed by atoms with van der Waals surface area (Å²) in [5.41, 5.74) is 3.02. The topological polar surface area (TPSA) is 63.8 Å². The van der Waals surface area contributed by atoms with Gasteiger partial charge in [0.2, 0.25) is 11.7 Å². The maximum absolute atomic E-state index is 13.4. The van der Waals surface area contributed by atoms with Gasteiger partial charge in [0.25, 0.3) is 0 Å². The molecular weight excluding hydrogens is 350 g/mol. The molecule has 1 N–H and O–H groups in total. The van der Waals surface area contributed by atoms with Gasteiger partial charge in [0.15, 0.2) is 0 Å². The van der Waals surface area contributed by atoms with E-state index in [1.54, 1.807) is 6.92 Å².